The van der Waals surface area contributed by atoms with Crippen molar-refractivity contribution in [1.82, 2.24) is 20.9 Å². The SMILES string of the molecule is C=CC(F)CC/C=C/C.CC.CC.CCNC(=O)CN(C)C(=O)C(NCCOc1ccccc1CCCNC=O)C(C)C. The number of benzene rings is 1. The van der Waals surface area contributed by atoms with Crippen LogP contribution in [-0.2, 0) is 20.8 Å². The average molecular weight is 609 g/mol. The van der Waals surface area contributed by atoms with Crippen LogP contribution in [0.4, 0.5) is 4.39 Å². The molecule has 2 unspecified atom stereocenters. The summed E-state index contributed by atoms with van der Waals surface area (Å²) in [6.45, 7) is 21.2. The molecule has 0 aromatic heterocycles. The molecule has 1 rings (SSSR count). The maximum atomic E-state index is 12.7. The number of alkyl halides is 1. The zero-order valence-corrected chi connectivity index (χ0v) is 28.4. The summed E-state index contributed by atoms with van der Waals surface area (Å²) < 4.78 is 18.2. The summed E-state index contributed by atoms with van der Waals surface area (Å²) in [6.07, 6.45) is 8.10. The first-order valence-corrected chi connectivity index (χ1v) is 15.7. The van der Waals surface area contributed by atoms with Crippen LogP contribution in [0.5, 0.6) is 5.75 Å². The van der Waals surface area contributed by atoms with Gasteiger partial charge in [-0.05, 0) is 57.1 Å². The van der Waals surface area contributed by atoms with Crippen molar-refractivity contribution < 1.29 is 23.5 Å². The molecule has 0 aliphatic rings. The number of carbonyl (C=O) groups excluding carboxylic acids is 3. The molecule has 0 aliphatic heterocycles. The van der Waals surface area contributed by atoms with Crippen molar-refractivity contribution in [1.29, 1.82) is 0 Å². The number of halogens is 1. The van der Waals surface area contributed by atoms with Crippen LogP contribution in [0.3, 0.4) is 0 Å². The van der Waals surface area contributed by atoms with Gasteiger partial charge in [-0.3, -0.25) is 14.4 Å². The largest absolute Gasteiger partial charge is 0.492 e. The highest BCUT2D eigenvalue weighted by atomic mass is 19.1. The molecule has 2 atom stereocenters. The Labute approximate surface area is 261 Å². The zero-order valence-electron chi connectivity index (χ0n) is 28.4. The molecule has 3 N–H and O–H groups in total. The van der Waals surface area contributed by atoms with E-state index in [-0.39, 0.29) is 24.3 Å². The molecule has 0 radical (unpaired) electrons. The molecule has 0 heterocycles. The summed E-state index contributed by atoms with van der Waals surface area (Å²) >= 11 is 0. The minimum atomic E-state index is -0.832. The van der Waals surface area contributed by atoms with E-state index in [4.69, 9.17) is 4.74 Å². The van der Waals surface area contributed by atoms with E-state index in [2.05, 4.69) is 22.5 Å². The van der Waals surface area contributed by atoms with Crippen LogP contribution in [0.1, 0.15) is 80.2 Å². The van der Waals surface area contributed by atoms with Crippen LogP contribution < -0.4 is 20.7 Å². The maximum Gasteiger partial charge on any atom is 0.240 e. The van der Waals surface area contributed by atoms with Gasteiger partial charge in [0.05, 0.1) is 12.6 Å². The number of hydrogen-bond acceptors (Lipinski definition) is 5. The summed E-state index contributed by atoms with van der Waals surface area (Å²) in [7, 11) is 1.64. The second-order valence-corrected chi connectivity index (χ2v) is 9.35. The van der Waals surface area contributed by atoms with Crippen molar-refractivity contribution >= 4 is 18.2 Å². The van der Waals surface area contributed by atoms with E-state index in [1.807, 2.05) is 91.8 Å². The Morgan fingerprint density at radius 2 is 1.77 bits per heavy atom. The normalized spacial score (nSPS) is 11.3. The lowest BCUT2D eigenvalue weighted by Gasteiger charge is -2.27. The van der Waals surface area contributed by atoms with Crippen molar-refractivity contribution in [3.05, 3.63) is 54.6 Å². The molecule has 9 heteroatoms. The molecule has 1 aromatic rings. The predicted octanol–water partition coefficient (Wildman–Crippen LogP) is 5.87. The van der Waals surface area contributed by atoms with Gasteiger partial charge in [0.1, 0.15) is 18.5 Å². The number of ether oxygens (including phenoxy) is 1. The van der Waals surface area contributed by atoms with Crippen LogP contribution in [-0.4, -0.2) is 75.2 Å². The Bertz CT molecular complexity index is 865. The molecule has 0 saturated heterocycles. The van der Waals surface area contributed by atoms with Gasteiger partial charge < -0.3 is 25.6 Å². The van der Waals surface area contributed by atoms with E-state index < -0.39 is 12.2 Å². The Kier molecular flexibility index (Phi) is 32.6. The molecular weight excluding hydrogens is 547 g/mol. The fraction of sp³-hybridized carbons (Fsp3) is 0.618. The fourth-order valence-electron chi connectivity index (χ4n) is 3.60. The Morgan fingerprint density at radius 3 is 2.33 bits per heavy atom. The smallest absolute Gasteiger partial charge is 0.240 e. The summed E-state index contributed by atoms with van der Waals surface area (Å²) in [6, 6.07) is 7.43. The number of hydrogen-bond donors (Lipinski definition) is 3. The van der Waals surface area contributed by atoms with Crippen molar-refractivity contribution in [3.8, 4) is 5.75 Å². The summed E-state index contributed by atoms with van der Waals surface area (Å²) in [4.78, 5) is 36.3. The van der Waals surface area contributed by atoms with Crippen LogP contribution in [0.25, 0.3) is 0 Å². The first kappa shape index (κ1) is 44.2. The highest BCUT2D eigenvalue weighted by Gasteiger charge is 2.25. The highest BCUT2D eigenvalue weighted by molar-refractivity contribution is 5.87. The first-order chi connectivity index (χ1) is 20.7. The number of carbonyl (C=O) groups is 3. The van der Waals surface area contributed by atoms with Crippen molar-refractivity contribution in [3.63, 3.8) is 0 Å². The third-order valence-corrected chi connectivity index (χ3v) is 5.71. The van der Waals surface area contributed by atoms with Gasteiger partial charge >= 0.3 is 0 Å². The Hall–Kier alpha value is -3.20. The fourth-order valence-corrected chi connectivity index (χ4v) is 3.60. The van der Waals surface area contributed by atoms with Crippen molar-refractivity contribution in [2.75, 3.05) is 39.8 Å². The van der Waals surface area contributed by atoms with Gasteiger partial charge in [-0.15, -0.1) is 6.58 Å². The van der Waals surface area contributed by atoms with Crippen LogP contribution in [0, 0.1) is 5.92 Å². The first-order valence-electron chi connectivity index (χ1n) is 15.7. The lowest BCUT2D eigenvalue weighted by Crippen LogP contribution is -2.51. The molecule has 248 valence electrons. The summed E-state index contributed by atoms with van der Waals surface area (Å²) in [5.41, 5.74) is 1.09. The minimum absolute atomic E-state index is 0.0421. The quantitative estimate of drug-likeness (QED) is 0.104. The zero-order chi connectivity index (χ0) is 33.5. The van der Waals surface area contributed by atoms with Gasteiger partial charge in [0.15, 0.2) is 0 Å². The highest BCUT2D eigenvalue weighted by Crippen LogP contribution is 2.19. The summed E-state index contributed by atoms with van der Waals surface area (Å²) in [5.74, 6) is 0.608. The molecule has 1 aromatic carbocycles. The third-order valence-electron chi connectivity index (χ3n) is 5.71. The number of nitrogens with one attached hydrogen (secondary N) is 3. The number of aryl methyl sites for hydroxylation is 1. The number of nitrogens with zero attached hydrogens (tertiary/aromatic N) is 1. The lowest BCUT2D eigenvalue weighted by atomic mass is 10.0. The van der Waals surface area contributed by atoms with E-state index in [9.17, 15) is 18.8 Å². The molecule has 0 spiro atoms. The van der Waals surface area contributed by atoms with Gasteiger partial charge in [0.2, 0.25) is 18.2 Å². The van der Waals surface area contributed by atoms with Crippen LogP contribution in [0.15, 0.2) is 49.1 Å². The predicted molar refractivity (Wildman–Crippen MR) is 179 cm³/mol. The number of allylic oxidation sites excluding steroid dienone is 3. The van der Waals surface area contributed by atoms with Gasteiger partial charge in [-0.1, -0.05) is 78.0 Å². The number of rotatable bonds is 19. The Morgan fingerprint density at radius 1 is 1.12 bits per heavy atom. The molecule has 0 aliphatic carbocycles. The van der Waals surface area contributed by atoms with Gasteiger partial charge in [0.25, 0.3) is 0 Å². The van der Waals surface area contributed by atoms with E-state index in [1.165, 1.54) is 11.0 Å². The lowest BCUT2D eigenvalue weighted by molar-refractivity contribution is -0.137. The molecule has 0 bridgehead atoms. The van der Waals surface area contributed by atoms with Gasteiger partial charge in [-0.2, -0.15) is 0 Å². The average Bonchev–Trinajstić information content (AvgIpc) is 3.01. The number of likely N-dealkylation sites (N-methyl/N-ethyl adjacent to an activating group) is 2. The van der Waals surface area contributed by atoms with E-state index >= 15 is 0 Å². The van der Waals surface area contributed by atoms with Gasteiger partial charge in [0, 0.05) is 26.7 Å². The number of amides is 3. The van der Waals surface area contributed by atoms with Crippen LogP contribution in [0.2, 0.25) is 0 Å². The standard InChI is InChI=1S/C22H36N4O4.C8H13F.2C2H6/c1-5-24-20(28)15-26(4)22(29)21(17(2)3)25-13-14-30-19-11-7-6-9-18(19)10-8-12-23-16-27;1-3-5-6-7-8(9)4-2;2*1-2/h6-7,9,11,16-17,21,25H,5,8,10,12-15H2,1-4H3,(H,23,27)(H,24,28);3-5,8H,2,6-7H2,1H3;2*1-2H3/b;5-3+;;. The molecule has 0 saturated carbocycles. The minimum Gasteiger partial charge on any atom is -0.492 e. The Balaban J connectivity index is -0.00000104. The maximum absolute atomic E-state index is 12.7. The molecule has 0 fully saturated rings. The third kappa shape index (κ3) is 24.0. The second-order valence-electron chi connectivity index (χ2n) is 9.35. The van der Waals surface area contributed by atoms with Crippen LogP contribution >= 0.6 is 0 Å². The van der Waals surface area contributed by atoms with E-state index in [0.717, 1.165) is 30.6 Å². The van der Waals surface area contributed by atoms with E-state index in [0.29, 0.717) is 39.1 Å². The monoisotopic (exact) mass is 608 g/mol. The topological polar surface area (TPSA) is 99.8 Å². The molecule has 8 nitrogen and oxygen atoms in total. The van der Waals surface area contributed by atoms with Crippen molar-refractivity contribution in [2.45, 2.75) is 93.3 Å². The van der Waals surface area contributed by atoms with Crippen molar-refractivity contribution in [2.24, 2.45) is 5.92 Å². The summed E-state index contributed by atoms with van der Waals surface area (Å²) in [5, 5.41) is 8.62. The van der Waals surface area contributed by atoms with Gasteiger partial charge in [-0.25, -0.2) is 4.39 Å². The number of para-hydroxylation sites is 1. The second kappa shape index (κ2) is 31.7. The van der Waals surface area contributed by atoms with E-state index in [1.54, 1.807) is 7.05 Å². The molecule has 43 heavy (non-hydrogen) atoms. The molecular formula is C34H61FN4O4. The molecule has 3 amide bonds.